The van der Waals surface area contributed by atoms with E-state index in [1.165, 1.54) is 19.2 Å². The number of hydrogen-bond acceptors (Lipinski definition) is 6. The Morgan fingerprint density at radius 1 is 1.23 bits per heavy atom. The first-order valence-corrected chi connectivity index (χ1v) is 9.81. The van der Waals surface area contributed by atoms with Crippen LogP contribution in [0.3, 0.4) is 0 Å². The van der Waals surface area contributed by atoms with E-state index in [0.29, 0.717) is 0 Å². The second-order valence-electron chi connectivity index (χ2n) is 7.59. The van der Waals surface area contributed by atoms with E-state index >= 15 is 0 Å². The van der Waals surface area contributed by atoms with E-state index in [1.54, 1.807) is 6.92 Å². The summed E-state index contributed by atoms with van der Waals surface area (Å²) in [6.45, 7) is 3.18. The molecule has 0 unspecified atom stereocenters. The molecule has 0 aromatic carbocycles. The summed E-state index contributed by atoms with van der Waals surface area (Å²) < 4.78 is 28.6. The lowest BCUT2D eigenvalue weighted by molar-refractivity contribution is 0.1000. The van der Waals surface area contributed by atoms with Crippen LogP contribution in [0.2, 0.25) is 0 Å². The molecule has 3 rings (SSSR count). The Balaban J connectivity index is 1.93. The number of amides is 2. The molecule has 1 aliphatic carbocycles. The van der Waals surface area contributed by atoms with Crippen LogP contribution in [0.25, 0.3) is 0 Å². The van der Waals surface area contributed by atoms with Crippen molar-refractivity contribution in [2.75, 3.05) is 10.6 Å². The van der Waals surface area contributed by atoms with Crippen LogP contribution in [0, 0.1) is 24.5 Å². The minimum absolute atomic E-state index is 0.0762. The van der Waals surface area contributed by atoms with Crippen LogP contribution in [0.1, 0.15) is 42.2 Å². The third-order valence-electron chi connectivity index (χ3n) is 5.38. The minimum atomic E-state index is -1.19. The summed E-state index contributed by atoms with van der Waals surface area (Å²) in [5.41, 5.74) is 5.53. The van der Waals surface area contributed by atoms with Crippen molar-refractivity contribution in [2.24, 2.45) is 11.7 Å². The standard InChI is InChI=1S/C20H24F2N6O3/c1-9-14(21)6-12(8-24-9)26-18-13(17(23)29)7-15(22)19(28-18)27-16(11-4-3-5-11)10(2)25-20(30)31/h6-8,10-11,16,25H,3-5H2,1-2H3,(H2,23,29)(H,30,31)(H2,26,27,28)/t10-,16-/m0/s1. The van der Waals surface area contributed by atoms with E-state index in [1.807, 2.05) is 0 Å². The molecule has 31 heavy (non-hydrogen) atoms. The summed E-state index contributed by atoms with van der Waals surface area (Å²) in [5.74, 6) is -2.43. The van der Waals surface area contributed by atoms with Gasteiger partial charge in [0.15, 0.2) is 11.6 Å². The number of pyridine rings is 2. The maximum absolute atomic E-state index is 14.7. The van der Waals surface area contributed by atoms with Gasteiger partial charge < -0.3 is 26.8 Å². The van der Waals surface area contributed by atoms with E-state index in [4.69, 9.17) is 10.8 Å². The summed E-state index contributed by atoms with van der Waals surface area (Å²) in [7, 11) is 0. The first kappa shape index (κ1) is 22.2. The molecular formula is C20H24F2N6O3. The van der Waals surface area contributed by atoms with Crippen LogP contribution < -0.4 is 21.7 Å². The number of carboxylic acid groups (broad SMARTS) is 1. The van der Waals surface area contributed by atoms with Gasteiger partial charge in [0, 0.05) is 12.1 Å². The summed E-state index contributed by atoms with van der Waals surface area (Å²) in [5, 5.41) is 17.2. The molecule has 2 atom stereocenters. The van der Waals surface area contributed by atoms with Crippen molar-refractivity contribution >= 4 is 29.3 Å². The molecule has 0 radical (unpaired) electrons. The zero-order valence-corrected chi connectivity index (χ0v) is 17.1. The molecule has 0 aliphatic heterocycles. The quantitative estimate of drug-likeness (QED) is 0.430. The molecule has 11 heteroatoms. The molecular weight excluding hydrogens is 410 g/mol. The Morgan fingerprint density at radius 2 is 1.94 bits per heavy atom. The van der Waals surface area contributed by atoms with Gasteiger partial charge in [-0.25, -0.2) is 18.6 Å². The van der Waals surface area contributed by atoms with Crippen molar-refractivity contribution in [1.82, 2.24) is 15.3 Å². The van der Waals surface area contributed by atoms with Crippen LogP contribution in [0.15, 0.2) is 18.3 Å². The topological polar surface area (TPSA) is 142 Å². The van der Waals surface area contributed by atoms with Gasteiger partial charge in [-0.05, 0) is 38.7 Å². The third kappa shape index (κ3) is 5.16. The maximum Gasteiger partial charge on any atom is 0.404 e. The SMILES string of the molecule is Cc1ncc(Nc2nc(N[C@H](C3CCC3)[C@H](C)NC(=O)O)c(F)cc2C(N)=O)cc1F. The Morgan fingerprint density at radius 3 is 2.48 bits per heavy atom. The lowest BCUT2D eigenvalue weighted by Gasteiger charge is -2.38. The van der Waals surface area contributed by atoms with Gasteiger partial charge >= 0.3 is 6.09 Å². The molecule has 0 spiro atoms. The van der Waals surface area contributed by atoms with Gasteiger partial charge in [0.1, 0.15) is 11.6 Å². The number of halogens is 2. The summed E-state index contributed by atoms with van der Waals surface area (Å²) in [4.78, 5) is 30.9. The summed E-state index contributed by atoms with van der Waals surface area (Å²) in [6, 6.07) is 1.16. The smallest absolute Gasteiger partial charge is 0.404 e. The summed E-state index contributed by atoms with van der Waals surface area (Å²) in [6.07, 6.45) is 2.88. The molecule has 0 saturated heterocycles. The lowest BCUT2D eigenvalue weighted by atomic mass is 9.77. The monoisotopic (exact) mass is 434 g/mol. The highest BCUT2D eigenvalue weighted by molar-refractivity contribution is 5.98. The normalized spacial score (nSPS) is 15.5. The molecule has 2 amide bonds. The fourth-order valence-corrected chi connectivity index (χ4v) is 3.48. The minimum Gasteiger partial charge on any atom is -0.465 e. The van der Waals surface area contributed by atoms with Crippen molar-refractivity contribution in [3.63, 3.8) is 0 Å². The van der Waals surface area contributed by atoms with Crippen molar-refractivity contribution < 1.29 is 23.5 Å². The molecule has 2 heterocycles. The largest absolute Gasteiger partial charge is 0.465 e. The number of aromatic nitrogens is 2. The Bertz CT molecular complexity index is 999. The Kier molecular flexibility index (Phi) is 6.52. The molecule has 1 aliphatic rings. The number of rotatable bonds is 8. The lowest BCUT2D eigenvalue weighted by Crippen LogP contribution is -2.50. The van der Waals surface area contributed by atoms with Crippen LogP contribution in [-0.4, -0.2) is 39.2 Å². The van der Waals surface area contributed by atoms with Crippen molar-refractivity contribution in [1.29, 1.82) is 0 Å². The Labute approximate surface area is 177 Å². The van der Waals surface area contributed by atoms with Crippen molar-refractivity contribution in [3.8, 4) is 0 Å². The zero-order chi connectivity index (χ0) is 22.7. The van der Waals surface area contributed by atoms with Crippen molar-refractivity contribution in [3.05, 3.63) is 41.2 Å². The van der Waals surface area contributed by atoms with Crippen molar-refractivity contribution in [2.45, 2.75) is 45.2 Å². The molecule has 0 bridgehead atoms. The molecule has 6 N–H and O–H groups in total. The second kappa shape index (κ2) is 9.11. The highest BCUT2D eigenvalue weighted by Crippen LogP contribution is 2.33. The van der Waals surface area contributed by atoms with Gasteiger partial charge in [0.2, 0.25) is 0 Å². The average molecular weight is 434 g/mol. The van der Waals surface area contributed by atoms with Crippen LogP contribution in [-0.2, 0) is 0 Å². The number of hydrogen-bond donors (Lipinski definition) is 5. The molecule has 2 aromatic heterocycles. The number of primary amides is 1. The summed E-state index contributed by atoms with van der Waals surface area (Å²) >= 11 is 0. The number of anilines is 3. The average Bonchev–Trinajstić information content (AvgIpc) is 2.64. The second-order valence-corrected chi connectivity index (χ2v) is 7.59. The predicted octanol–water partition coefficient (Wildman–Crippen LogP) is 3.14. The van der Waals surface area contributed by atoms with Gasteiger partial charge in [-0.2, -0.15) is 0 Å². The van der Waals surface area contributed by atoms with Gasteiger partial charge in [0.05, 0.1) is 29.2 Å². The number of aryl methyl sites for hydroxylation is 1. The number of nitrogens with one attached hydrogen (secondary N) is 3. The molecule has 166 valence electrons. The molecule has 2 aromatic rings. The molecule has 1 saturated carbocycles. The van der Waals surface area contributed by atoms with Crippen LogP contribution >= 0.6 is 0 Å². The number of carbonyl (C=O) groups is 2. The van der Waals surface area contributed by atoms with Gasteiger partial charge in [0.25, 0.3) is 5.91 Å². The highest BCUT2D eigenvalue weighted by Gasteiger charge is 2.33. The van der Waals surface area contributed by atoms with E-state index in [9.17, 15) is 18.4 Å². The fourth-order valence-electron chi connectivity index (χ4n) is 3.48. The number of nitrogens with zero attached hydrogens (tertiary/aromatic N) is 2. The van der Waals surface area contributed by atoms with Gasteiger partial charge in [-0.1, -0.05) is 6.42 Å². The van der Waals surface area contributed by atoms with E-state index in [2.05, 4.69) is 25.9 Å². The predicted molar refractivity (Wildman–Crippen MR) is 110 cm³/mol. The van der Waals surface area contributed by atoms with E-state index in [0.717, 1.165) is 25.3 Å². The highest BCUT2D eigenvalue weighted by atomic mass is 19.1. The van der Waals surface area contributed by atoms with Gasteiger partial charge in [-0.15, -0.1) is 0 Å². The first-order chi connectivity index (χ1) is 14.7. The van der Waals surface area contributed by atoms with E-state index < -0.39 is 35.7 Å². The third-order valence-corrected chi connectivity index (χ3v) is 5.38. The first-order valence-electron chi connectivity index (χ1n) is 9.81. The number of nitrogens with two attached hydrogens (primary N) is 1. The van der Waals surface area contributed by atoms with Crippen LogP contribution in [0.5, 0.6) is 0 Å². The van der Waals surface area contributed by atoms with Crippen LogP contribution in [0.4, 0.5) is 30.9 Å². The van der Waals surface area contributed by atoms with E-state index in [-0.39, 0.29) is 34.5 Å². The molecule has 1 fully saturated rings. The number of carbonyl (C=O) groups excluding carboxylic acids is 1. The fraction of sp³-hybridized carbons (Fsp3) is 0.400. The Hall–Kier alpha value is -3.50. The van der Waals surface area contributed by atoms with Gasteiger partial charge in [-0.3, -0.25) is 9.78 Å². The zero-order valence-electron chi connectivity index (χ0n) is 17.1. The molecule has 9 nitrogen and oxygen atoms in total. The maximum atomic E-state index is 14.7.